The third kappa shape index (κ3) is 5.15. The summed E-state index contributed by atoms with van der Waals surface area (Å²) in [6.07, 6.45) is 0. The Morgan fingerprint density at radius 2 is 1.02 bits per heavy atom. The van der Waals surface area contributed by atoms with E-state index in [1.165, 1.54) is 20.2 Å². The number of aromatic nitrogens is 5. The van der Waals surface area contributed by atoms with E-state index in [9.17, 15) is 0 Å². The molecular weight excluding hydrogens is 723 g/mol. The van der Waals surface area contributed by atoms with Crippen LogP contribution in [0.3, 0.4) is 0 Å². The van der Waals surface area contributed by atoms with E-state index < -0.39 is 0 Å². The number of hydrogen-bond donors (Lipinski definition) is 0. The van der Waals surface area contributed by atoms with Crippen LogP contribution in [0.5, 0.6) is 0 Å². The number of benzene rings is 7. The van der Waals surface area contributed by atoms with Crippen LogP contribution in [0.1, 0.15) is 0 Å². The highest BCUT2D eigenvalue weighted by atomic mass is 32.1. The molecule has 0 atom stereocenters. The van der Waals surface area contributed by atoms with E-state index in [1.807, 2.05) is 103 Å². The third-order valence-corrected chi connectivity index (χ3v) is 11.7. The number of fused-ring (bicyclic) bond motifs is 9. The summed E-state index contributed by atoms with van der Waals surface area (Å²) in [5, 5.41) is 5.23. The first-order valence-electron chi connectivity index (χ1n) is 18.7. The smallest absolute Gasteiger partial charge is 0.180 e. The predicted octanol–water partition coefficient (Wildman–Crippen LogP) is 13.2. The Hall–Kier alpha value is -7.55. The lowest BCUT2D eigenvalue weighted by Crippen LogP contribution is -2.00. The Bertz CT molecular complexity index is 3540. The van der Waals surface area contributed by atoms with Crippen LogP contribution in [0.25, 0.3) is 121 Å². The SMILES string of the molecule is c1ccc(-c2nc(-c3ccc4sc5ccccc5c4c3)nc(-c3cccc4oc5cc(-c6nc(-c7ccccc7)c7oc8ccccc8c7n6)ccc5c34)n2)cc1. The fourth-order valence-electron chi connectivity index (χ4n) is 7.87. The topological polar surface area (TPSA) is 90.7 Å². The minimum absolute atomic E-state index is 0.569. The number of nitrogens with zero attached hydrogens (tertiary/aromatic N) is 5. The first-order chi connectivity index (χ1) is 28.2. The second kappa shape index (κ2) is 12.5. The Morgan fingerprint density at radius 3 is 1.88 bits per heavy atom. The van der Waals surface area contributed by atoms with E-state index >= 15 is 0 Å². The Kier molecular flexibility index (Phi) is 6.96. The van der Waals surface area contributed by atoms with Crippen molar-refractivity contribution in [2.24, 2.45) is 0 Å². The Balaban J connectivity index is 1.03. The van der Waals surface area contributed by atoms with Crippen LogP contribution in [0.2, 0.25) is 0 Å². The molecule has 266 valence electrons. The normalized spacial score (nSPS) is 11.9. The van der Waals surface area contributed by atoms with Crippen LogP contribution >= 0.6 is 11.3 Å². The highest BCUT2D eigenvalue weighted by molar-refractivity contribution is 7.25. The fourth-order valence-corrected chi connectivity index (χ4v) is 8.96. The van der Waals surface area contributed by atoms with Crippen LogP contribution in [0, 0.1) is 0 Å². The van der Waals surface area contributed by atoms with E-state index in [1.54, 1.807) is 11.3 Å². The summed E-state index contributed by atoms with van der Waals surface area (Å²) >= 11 is 1.79. The zero-order valence-corrected chi connectivity index (χ0v) is 30.9. The van der Waals surface area contributed by atoms with Gasteiger partial charge < -0.3 is 8.83 Å². The molecule has 0 saturated carbocycles. The van der Waals surface area contributed by atoms with Gasteiger partial charge in [0.15, 0.2) is 28.9 Å². The van der Waals surface area contributed by atoms with Crippen molar-refractivity contribution in [2.75, 3.05) is 0 Å². The quantitative estimate of drug-likeness (QED) is 0.173. The van der Waals surface area contributed by atoms with E-state index in [0.29, 0.717) is 34.5 Å². The van der Waals surface area contributed by atoms with Gasteiger partial charge in [0.05, 0.1) is 0 Å². The van der Waals surface area contributed by atoms with Gasteiger partial charge in [-0.3, -0.25) is 0 Å². The maximum atomic E-state index is 6.60. The van der Waals surface area contributed by atoms with Gasteiger partial charge in [-0.05, 0) is 54.6 Å². The maximum absolute atomic E-state index is 6.60. The van der Waals surface area contributed by atoms with Gasteiger partial charge in [-0.15, -0.1) is 11.3 Å². The Morgan fingerprint density at radius 1 is 0.368 bits per heavy atom. The molecule has 0 fully saturated rings. The lowest BCUT2D eigenvalue weighted by Gasteiger charge is -2.09. The molecule has 0 aliphatic heterocycles. The molecule has 0 spiro atoms. The van der Waals surface area contributed by atoms with E-state index in [4.69, 9.17) is 33.8 Å². The average Bonchev–Trinajstić information content (AvgIpc) is 3.97. The van der Waals surface area contributed by atoms with Crippen molar-refractivity contribution < 1.29 is 8.83 Å². The molecule has 12 aromatic rings. The summed E-state index contributed by atoms with van der Waals surface area (Å²) in [7, 11) is 0. The predicted molar refractivity (Wildman–Crippen MR) is 230 cm³/mol. The van der Waals surface area contributed by atoms with E-state index in [0.717, 1.165) is 66.4 Å². The molecule has 7 nitrogen and oxygen atoms in total. The monoisotopic (exact) mass is 749 g/mol. The highest BCUT2D eigenvalue weighted by Gasteiger charge is 2.21. The summed E-state index contributed by atoms with van der Waals surface area (Å²) in [6.45, 7) is 0. The second-order valence-electron chi connectivity index (χ2n) is 14.0. The van der Waals surface area contributed by atoms with Crippen molar-refractivity contribution in [2.45, 2.75) is 0 Å². The number of furan rings is 2. The zero-order valence-electron chi connectivity index (χ0n) is 30.0. The van der Waals surface area contributed by atoms with Crippen LogP contribution in [-0.4, -0.2) is 24.9 Å². The van der Waals surface area contributed by atoms with Crippen LogP contribution in [0.4, 0.5) is 0 Å². The molecule has 7 aromatic carbocycles. The van der Waals surface area contributed by atoms with Gasteiger partial charge >= 0.3 is 0 Å². The van der Waals surface area contributed by atoms with Crippen molar-refractivity contribution in [3.05, 3.63) is 164 Å². The van der Waals surface area contributed by atoms with Gasteiger partial charge in [0.1, 0.15) is 28.0 Å². The summed E-state index contributed by atoms with van der Waals surface area (Å²) in [5.41, 5.74) is 8.87. The average molecular weight is 750 g/mol. The molecule has 0 aliphatic rings. The molecule has 0 unspecified atom stereocenters. The molecule has 8 heteroatoms. The van der Waals surface area contributed by atoms with E-state index in [2.05, 4.69) is 60.7 Å². The van der Waals surface area contributed by atoms with Crippen molar-refractivity contribution in [1.82, 2.24) is 24.9 Å². The van der Waals surface area contributed by atoms with Crippen molar-refractivity contribution in [1.29, 1.82) is 0 Å². The molecule has 0 amide bonds. The van der Waals surface area contributed by atoms with Gasteiger partial charge in [-0.1, -0.05) is 109 Å². The third-order valence-electron chi connectivity index (χ3n) is 10.6. The van der Waals surface area contributed by atoms with Crippen LogP contribution < -0.4 is 0 Å². The van der Waals surface area contributed by atoms with Gasteiger partial charge in [-0.2, -0.15) is 0 Å². The van der Waals surface area contributed by atoms with Crippen molar-refractivity contribution in [3.63, 3.8) is 0 Å². The van der Waals surface area contributed by atoms with Gasteiger partial charge in [0.2, 0.25) is 0 Å². The van der Waals surface area contributed by atoms with Gasteiger partial charge in [-0.25, -0.2) is 24.9 Å². The summed E-state index contributed by atoms with van der Waals surface area (Å²) in [4.78, 5) is 25.5. The first-order valence-corrected chi connectivity index (χ1v) is 19.5. The van der Waals surface area contributed by atoms with Crippen LogP contribution in [-0.2, 0) is 0 Å². The molecule has 5 aromatic heterocycles. The summed E-state index contributed by atoms with van der Waals surface area (Å²) in [6, 6.07) is 55.3. The molecule has 5 heterocycles. The largest absolute Gasteiger partial charge is 0.456 e. The van der Waals surface area contributed by atoms with Crippen molar-refractivity contribution in [3.8, 4) is 56.8 Å². The van der Waals surface area contributed by atoms with Gasteiger partial charge in [0, 0.05) is 64.1 Å². The molecule has 0 saturated heterocycles. The van der Waals surface area contributed by atoms with Gasteiger partial charge in [0.25, 0.3) is 0 Å². The number of thiophene rings is 1. The minimum atomic E-state index is 0.569. The number of rotatable bonds is 5. The molecule has 0 N–H and O–H groups in total. The summed E-state index contributed by atoms with van der Waals surface area (Å²) in [5.74, 6) is 2.36. The maximum Gasteiger partial charge on any atom is 0.180 e. The van der Waals surface area contributed by atoms with Crippen molar-refractivity contribution >= 4 is 75.5 Å². The molecule has 0 aliphatic carbocycles. The zero-order chi connectivity index (χ0) is 37.5. The lowest BCUT2D eigenvalue weighted by molar-refractivity contribution is 0.667. The molecule has 57 heavy (non-hydrogen) atoms. The molecular formula is C49H27N5O2S. The van der Waals surface area contributed by atoms with Crippen LogP contribution in [0.15, 0.2) is 173 Å². The summed E-state index contributed by atoms with van der Waals surface area (Å²) < 4.78 is 15.4. The van der Waals surface area contributed by atoms with E-state index in [-0.39, 0.29) is 0 Å². The number of para-hydroxylation sites is 1. The molecule has 12 rings (SSSR count). The molecule has 0 bridgehead atoms. The lowest BCUT2D eigenvalue weighted by atomic mass is 10.0. The standard InChI is InChI=1S/C49H27N5O2S/c1-3-12-28(13-4-1)43-45-44(34-17-7-9-19-37(34)56-45)51-47(50-43)31-22-24-33-39(27-31)55-38-20-11-18-35(42(33)38)49-53-46(29-14-5-2-6-15-29)52-48(54-49)30-23-25-41-36(26-30)32-16-8-10-21-40(32)57-41/h1-27H. The fraction of sp³-hybridized carbons (Fsp3) is 0. The molecule has 0 radical (unpaired) electrons. The highest BCUT2D eigenvalue weighted by Crippen LogP contribution is 2.41. The first kappa shape index (κ1) is 31.8. The second-order valence-corrected chi connectivity index (χ2v) is 15.1. The Labute approximate surface area is 328 Å². The number of hydrogen-bond acceptors (Lipinski definition) is 8. The minimum Gasteiger partial charge on any atom is -0.456 e.